The van der Waals surface area contributed by atoms with Crippen LogP contribution < -0.4 is 9.64 Å². The van der Waals surface area contributed by atoms with Gasteiger partial charge in [0.25, 0.3) is 0 Å². The Hall–Kier alpha value is -2.83. The molecular weight excluding hydrogens is 329 g/mol. The lowest BCUT2D eigenvalue weighted by atomic mass is 9.73. The lowest BCUT2D eigenvalue weighted by molar-refractivity contribution is -0.152. The molecule has 1 heterocycles. The fraction of sp³-hybridized carbons (Fsp3) is 0.333. The first kappa shape index (κ1) is 17.0. The van der Waals surface area contributed by atoms with Crippen LogP contribution in [-0.4, -0.2) is 24.1 Å². The average Bonchev–Trinajstić information content (AvgIpc) is 3.04. The van der Waals surface area contributed by atoms with Gasteiger partial charge in [0.15, 0.2) is 11.6 Å². The first-order valence-corrected chi connectivity index (χ1v) is 7.91. The summed E-state index contributed by atoms with van der Waals surface area (Å²) in [6, 6.07) is 7.60. The number of hydrogen-bond acceptors (Lipinski definition) is 4. The Balaban J connectivity index is 1.91. The van der Waals surface area contributed by atoms with Crippen LogP contribution in [0.4, 0.5) is 10.1 Å². The number of furan rings is 1. The van der Waals surface area contributed by atoms with Crippen LogP contribution in [0.5, 0.6) is 5.75 Å². The molecular formula is C18H18FNO5. The zero-order chi connectivity index (χ0) is 18.0. The molecule has 0 spiro atoms. The molecule has 0 unspecified atom stereocenters. The molecule has 7 heteroatoms. The third-order valence-corrected chi connectivity index (χ3v) is 4.52. The van der Waals surface area contributed by atoms with E-state index < -0.39 is 23.6 Å². The number of hydrogen-bond donors (Lipinski definition) is 1. The van der Waals surface area contributed by atoms with Gasteiger partial charge in [-0.05, 0) is 37.1 Å². The number of rotatable bonds is 6. The number of anilines is 1. The number of aliphatic carboxylic acids is 1. The summed E-state index contributed by atoms with van der Waals surface area (Å²) in [5.74, 6) is -2.65. The van der Waals surface area contributed by atoms with Crippen molar-refractivity contribution in [2.24, 2.45) is 11.8 Å². The van der Waals surface area contributed by atoms with Crippen LogP contribution in [-0.2, 0) is 16.1 Å². The zero-order valence-corrected chi connectivity index (χ0v) is 13.6. The molecule has 6 nitrogen and oxygen atoms in total. The Morgan fingerprint density at radius 3 is 2.60 bits per heavy atom. The van der Waals surface area contributed by atoms with Crippen molar-refractivity contribution in [3.05, 3.63) is 48.2 Å². The summed E-state index contributed by atoms with van der Waals surface area (Å²) in [6.07, 6.45) is 2.45. The average molecular weight is 347 g/mol. The largest absolute Gasteiger partial charge is 0.494 e. The second kappa shape index (κ2) is 6.96. The molecule has 0 aliphatic heterocycles. The number of carboxylic acids is 1. The summed E-state index contributed by atoms with van der Waals surface area (Å²) in [6.45, 7) is 0.0977. The predicted octanol–water partition coefficient (Wildman–Crippen LogP) is 3.07. The fourth-order valence-electron chi connectivity index (χ4n) is 2.97. The van der Waals surface area contributed by atoms with E-state index in [0.29, 0.717) is 24.3 Å². The highest BCUT2D eigenvalue weighted by molar-refractivity contribution is 5.98. The second-order valence-electron chi connectivity index (χ2n) is 5.95. The molecule has 132 valence electrons. The van der Waals surface area contributed by atoms with E-state index in [1.54, 1.807) is 18.2 Å². The molecule has 1 aliphatic rings. The number of amides is 1. The van der Waals surface area contributed by atoms with Crippen molar-refractivity contribution in [3.63, 3.8) is 0 Å². The molecule has 2 atom stereocenters. The Kier molecular flexibility index (Phi) is 4.74. The van der Waals surface area contributed by atoms with E-state index in [1.165, 1.54) is 30.4 Å². The van der Waals surface area contributed by atoms with Gasteiger partial charge in [0.1, 0.15) is 5.76 Å². The summed E-state index contributed by atoms with van der Waals surface area (Å²) >= 11 is 0. The predicted molar refractivity (Wildman–Crippen MR) is 86.7 cm³/mol. The minimum absolute atomic E-state index is 0.0706. The second-order valence-corrected chi connectivity index (χ2v) is 5.95. The van der Waals surface area contributed by atoms with Gasteiger partial charge >= 0.3 is 5.97 Å². The highest BCUT2D eigenvalue weighted by Crippen LogP contribution is 2.37. The molecule has 1 N–H and O–H groups in total. The van der Waals surface area contributed by atoms with E-state index >= 15 is 0 Å². The SMILES string of the molecule is COc1ccc(N(Cc2ccco2)C(=O)[C@H]2CC[C@H]2C(=O)O)cc1F. The molecule has 0 radical (unpaired) electrons. The summed E-state index contributed by atoms with van der Waals surface area (Å²) in [5, 5.41) is 9.21. The van der Waals surface area contributed by atoms with E-state index in [1.807, 2.05) is 0 Å². The van der Waals surface area contributed by atoms with Crippen LogP contribution in [0, 0.1) is 17.7 Å². The van der Waals surface area contributed by atoms with Gasteiger partial charge in [-0.25, -0.2) is 4.39 Å². The van der Waals surface area contributed by atoms with Crippen molar-refractivity contribution < 1.29 is 28.2 Å². The number of benzene rings is 1. The third-order valence-electron chi connectivity index (χ3n) is 4.52. The molecule has 1 aromatic heterocycles. The minimum atomic E-state index is -0.983. The van der Waals surface area contributed by atoms with Gasteiger partial charge < -0.3 is 19.2 Å². The molecule has 1 aliphatic carbocycles. The summed E-state index contributed by atoms with van der Waals surface area (Å²) in [4.78, 5) is 25.5. The number of carboxylic acid groups (broad SMARTS) is 1. The van der Waals surface area contributed by atoms with Crippen LogP contribution in [0.25, 0.3) is 0 Å². The number of nitrogens with zero attached hydrogens (tertiary/aromatic N) is 1. The zero-order valence-electron chi connectivity index (χ0n) is 13.6. The first-order chi connectivity index (χ1) is 12.0. The number of carbonyl (C=O) groups excluding carboxylic acids is 1. The maximum absolute atomic E-state index is 14.1. The van der Waals surface area contributed by atoms with E-state index in [9.17, 15) is 19.1 Å². The smallest absolute Gasteiger partial charge is 0.307 e. The Morgan fingerprint density at radius 2 is 2.08 bits per heavy atom. The maximum atomic E-state index is 14.1. The van der Waals surface area contributed by atoms with Crippen LogP contribution in [0.1, 0.15) is 18.6 Å². The van der Waals surface area contributed by atoms with Crippen molar-refractivity contribution in [3.8, 4) is 5.75 Å². The molecule has 25 heavy (non-hydrogen) atoms. The van der Waals surface area contributed by atoms with Crippen LogP contribution in [0.15, 0.2) is 41.0 Å². The highest BCUT2D eigenvalue weighted by atomic mass is 19.1. The van der Waals surface area contributed by atoms with Crippen molar-refractivity contribution in [2.75, 3.05) is 12.0 Å². The summed E-state index contributed by atoms with van der Waals surface area (Å²) < 4.78 is 24.3. The quantitative estimate of drug-likeness (QED) is 0.869. The number of halogens is 1. The van der Waals surface area contributed by atoms with Crippen LogP contribution >= 0.6 is 0 Å². The molecule has 1 fully saturated rings. The van der Waals surface area contributed by atoms with Gasteiger partial charge in [-0.2, -0.15) is 0 Å². The monoisotopic (exact) mass is 347 g/mol. The van der Waals surface area contributed by atoms with Crippen LogP contribution in [0.2, 0.25) is 0 Å². The number of ether oxygens (including phenoxy) is 1. The topological polar surface area (TPSA) is 80.0 Å². The molecule has 1 saturated carbocycles. The molecule has 0 bridgehead atoms. The number of carbonyl (C=O) groups is 2. The minimum Gasteiger partial charge on any atom is -0.494 e. The van der Waals surface area contributed by atoms with Gasteiger partial charge in [-0.1, -0.05) is 0 Å². The van der Waals surface area contributed by atoms with E-state index in [2.05, 4.69) is 0 Å². The summed E-state index contributed by atoms with van der Waals surface area (Å²) in [7, 11) is 1.36. The number of methoxy groups -OCH3 is 1. The van der Waals surface area contributed by atoms with Crippen LogP contribution in [0.3, 0.4) is 0 Å². The van der Waals surface area contributed by atoms with Crippen molar-refractivity contribution in [1.82, 2.24) is 0 Å². The molecule has 1 aromatic carbocycles. The molecule has 1 amide bonds. The summed E-state index contributed by atoms with van der Waals surface area (Å²) in [5.41, 5.74) is 0.329. The van der Waals surface area contributed by atoms with Gasteiger partial charge in [-0.15, -0.1) is 0 Å². The lowest BCUT2D eigenvalue weighted by Crippen LogP contribution is -2.46. The first-order valence-electron chi connectivity index (χ1n) is 7.91. The van der Waals surface area contributed by atoms with Crippen molar-refractivity contribution >= 4 is 17.6 Å². The highest BCUT2D eigenvalue weighted by Gasteiger charge is 2.43. The fourth-order valence-corrected chi connectivity index (χ4v) is 2.97. The normalized spacial score (nSPS) is 19.1. The molecule has 3 rings (SSSR count). The van der Waals surface area contributed by atoms with Crippen molar-refractivity contribution in [1.29, 1.82) is 0 Å². The molecule has 0 saturated heterocycles. The Labute approximate surface area is 143 Å². The third kappa shape index (κ3) is 3.35. The van der Waals surface area contributed by atoms with Gasteiger partial charge in [-0.3, -0.25) is 9.59 Å². The van der Waals surface area contributed by atoms with Gasteiger partial charge in [0.2, 0.25) is 5.91 Å². The lowest BCUT2D eigenvalue weighted by Gasteiger charge is -2.36. The van der Waals surface area contributed by atoms with Crippen molar-refractivity contribution in [2.45, 2.75) is 19.4 Å². The van der Waals surface area contributed by atoms with E-state index in [4.69, 9.17) is 9.15 Å². The Bertz CT molecular complexity index is 774. The van der Waals surface area contributed by atoms with Gasteiger partial charge in [0.05, 0.1) is 31.8 Å². The van der Waals surface area contributed by atoms with E-state index in [-0.39, 0.29) is 18.2 Å². The van der Waals surface area contributed by atoms with E-state index in [0.717, 1.165) is 0 Å². The molecule has 2 aromatic rings. The standard InChI is InChI=1S/C18H18FNO5/c1-24-16-7-4-11(9-15(16)19)20(10-12-3-2-8-25-12)17(21)13-5-6-14(13)18(22)23/h2-4,7-9,13-14H,5-6,10H2,1H3,(H,22,23)/t13-,14+/m0/s1. The van der Waals surface area contributed by atoms with Gasteiger partial charge in [0, 0.05) is 11.8 Å². The Morgan fingerprint density at radius 1 is 1.32 bits per heavy atom. The maximum Gasteiger partial charge on any atom is 0.307 e.